The van der Waals surface area contributed by atoms with Crippen LogP contribution in [0.3, 0.4) is 0 Å². The van der Waals surface area contributed by atoms with Crippen LogP contribution in [0.4, 0.5) is 0 Å². The molecule has 0 radical (unpaired) electrons. The van der Waals surface area contributed by atoms with Gasteiger partial charge in [-0.15, -0.1) is 0 Å². The second-order valence-corrected chi connectivity index (χ2v) is 13.1. The highest BCUT2D eigenvalue weighted by molar-refractivity contribution is 6.08. The summed E-state index contributed by atoms with van der Waals surface area (Å²) >= 11 is 0. The highest BCUT2D eigenvalue weighted by atomic mass is 16.5. The number of phenolic OH excluding ortho intramolecular Hbond substituents is 1. The molecule has 0 bridgehead atoms. The van der Waals surface area contributed by atoms with Gasteiger partial charge in [-0.1, -0.05) is 64.1 Å². The van der Waals surface area contributed by atoms with Gasteiger partial charge in [0.2, 0.25) is 0 Å². The van der Waals surface area contributed by atoms with E-state index in [0.717, 1.165) is 40.3 Å². The maximum Gasteiger partial charge on any atom is 0.127 e. The minimum atomic E-state index is -0.163. The first kappa shape index (κ1) is 25.8. The Morgan fingerprint density at radius 3 is 2.03 bits per heavy atom. The number of hydrogen-bond donors (Lipinski definition) is 2. The molecule has 202 valence electrons. The number of rotatable bonds is 4. The molecule has 4 nitrogen and oxygen atoms in total. The molecule has 39 heavy (non-hydrogen) atoms. The molecule has 2 aliphatic carbocycles. The fraction of sp³-hybridized carbons (Fsp3) is 0.371. The molecule has 0 aliphatic heterocycles. The van der Waals surface area contributed by atoms with Crippen molar-refractivity contribution in [2.24, 2.45) is 10.8 Å². The number of aliphatic hydroxyl groups is 1. The van der Waals surface area contributed by atoms with Gasteiger partial charge >= 0.3 is 0 Å². The molecule has 0 aromatic heterocycles. The number of fused-ring (bicyclic) bond motifs is 7. The van der Waals surface area contributed by atoms with Gasteiger partial charge in [-0.3, -0.25) is 0 Å². The van der Waals surface area contributed by atoms with E-state index in [1.165, 1.54) is 28.7 Å². The number of phenols is 1. The van der Waals surface area contributed by atoms with Crippen LogP contribution in [0.2, 0.25) is 0 Å². The smallest absolute Gasteiger partial charge is 0.127 e. The molecule has 6 rings (SSSR count). The first-order valence-electron chi connectivity index (χ1n) is 13.8. The van der Waals surface area contributed by atoms with Crippen molar-refractivity contribution in [1.82, 2.24) is 0 Å². The minimum absolute atomic E-state index is 0.0571. The van der Waals surface area contributed by atoms with E-state index in [2.05, 4.69) is 58.0 Å². The van der Waals surface area contributed by atoms with E-state index in [9.17, 15) is 10.2 Å². The van der Waals surface area contributed by atoms with Crippen molar-refractivity contribution in [1.29, 1.82) is 0 Å². The van der Waals surface area contributed by atoms with Crippen molar-refractivity contribution in [3.8, 4) is 39.5 Å². The van der Waals surface area contributed by atoms with E-state index >= 15 is 0 Å². The Morgan fingerprint density at radius 2 is 1.36 bits per heavy atom. The summed E-state index contributed by atoms with van der Waals surface area (Å²) in [4.78, 5) is 0. The van der Waals surface area contributed by atoms with E-state index in [1.54, 1.807) is 14.2 Å². The third-order valence-electron chi connectivity index (χ3n) is 8.92. The zero-order valence-electron chi connectivity index (χ0n) is 23.8. The molecule has 1 spiro atoms. The summed E-state index contributed by atoms with van der Waals surface area (Å²) in [5, 5.41) is 23.0. The van der Waals surface area contributed by atoms with Crippen LogP contribution in [0.5, 0.6) is 17.2 Å². The van der Waals surface area contributed by atoms with Gasteiger partial charge in [-0.05, 0) is 87.6 Å². The lowest BCUT2D eigenvalue weighted by Gasteiger charge is -2.51. The summed E-state index contributed by atoms with van der Waals surface area (Å²) in [6.45, 7) is 9.51. The van der Waals surface area contributed by atoms with Crippen LogP contribution in [0, 0.1) is 10.8 Å². The molecule has 4 heteroatoms. The average molecular weight is 523 g/mol. The van der Waals surface area contributed by atoms with Crippen molar-refractivity contribution >= 4 is 10.8 Å². The molecule has 2 N–H and O–H groups in total. The monoisotopic (exact) mass is 522 g/mol. The molecule has 0 atom stereocenters. The highest BCUT2D eigenvalue weighted by Gasteiger charge is 2.53. The second kappa shape index (κ2) is 8.76. The lowest BCUT2D eigenvalue weighted by molar-refractivity contribution is 0.0645. The van der Waals surface area contributed by atoms with E-state index < -0.39 is 0 Å². The van der Waals surface area contributed by atoms with E-state index in [-0.39, 0.29) is 28.6 Å². The Kier molecular flexibility index (Phi) is 5.78. The summed E-state index contributed by atoms with van der Waals surface area (Å²) in [6.07, 6.45) is 3.25. The van der Waals surface area contributed by atoms with Gasteiger partial charge in [0.15, 0.2) is 0 Å². The SMILES string of the molecule is COc1cc(CO)ccc1-c1cc2c3c(cc(O)c2cc1OC)C1(CC(C)(C)CC(C)(C)C1)c1ccccc1-3. The Balaban J connectivity index is 1.70. The predicted molar refractivity (Wildman–Crippen MR) is 158 cm³/mol. The maximum atomic E-state index is 11.5. The van der Waals surface area contributed by atoms with E-state index in [1.807, 2.05) is 30.3 Å². The molecular weight excluding hydrogens is 484 g/mol. The largest absolute Gasteiger partial charge is 0.507 e. The topological polar surface area (TPSA) is 58.9 Å². The molecule has 0 amide bonds. The molecule has 0 heterocycles. The minimum Gasteiger partial charge on any atom is -0.507 e. The number of hydrogen-bond acceptors (Lipinski definition) is 4. The number of ether oxygens (including phenoxy) is 2. The van der Waals surface area contributed by atoms with Gasteiger partial charge in [0, 0.05) is 21.9 Å². The maximum absolute atomic E-state index is 11.5. The van der Waals surface area contributed by atoms with E-state index in [0.29, 0.717) is 11.5 Å². The van der Waals surface area contributed by atoms with Crippen LogP contribution in [0.15, 0.2) is 60.7 Å². The number of aliphatic hydroxyl groups excluding tert-OH is 1. The summed E-state index contributed by atoms with van der Waals surface area (Å²) < 4.78 is 11.6. The fourth-order valence-corrected chi connectivity index (χ4v) is 8.30. The van der Waals surface area contributed by atoms with Gasteiger partial charge < -0.3 is 19.7 Å². The van der Waals surface area contributed by atoms with Gasteiger partial charge in [0.05, 0.1) is 20.8 Å². The number of methoxy groups -OCH3 is 2. The lowest BCUT2D eigenvalue weighted by atomic mass is 9.52. The summed E-state index contributed by atoms with van der Waals surface area (Å²) in [6, 6.07) is 20.7. The molecule has 2 aliphatic rings. The van der Waals surface area contributed by atoms with Crippen molar-refractivity contribution in [3.63, 3.8) is 0 Å². The van der Waals surface area contributed by atoms with Crippen molar-refractivity contribution < 1.29 is 19.7 Å². The predicted octanol–water partition coefficient (Wildman–Crippen LogP) is 8.22. The Hall–Kier alpha value is -3.50. The first-order chi connectivity index (χ1) is 18.5. The van der Waals surface area contributed by atoms with Crippen LogP contribution in [0.1, 0.15) is 63.6 Å². The quantitative estimate of drug-likeness (QED) is 0.283. The molecule has 0 saturated heterocycles. The fourth-order valence-electron chi connectivity index (χ4n) is 8.30. The standard InChI is InChI=1S/C35H38O4/c1-33(2)18-34(3,4)20-35(19-33)27-10-8-7-9-23(27)32-26-14-25(22-12-11-21(17-36)13-30(22)38-5)31(39-6)15-24(26)29(37)16-28(32)35/h7-16,36-37H,17-20H2,1-6H3. The second-order valence-electron chi connectivity index (χ2n) is 13.1. The van der Waals surface area contributed by atoms with Crippen molar-refractivity contribution in [3.05, 3.63) is 77.4 Å². The van der Waals surface area contributed by atoms with Gasteiger partial charge in [-0.25, -0.2) is 0 Å². The van der Waals surface area contributed by atoms with Gasteiger partial charge in [-0.2, -0.15) is 0 Å². The number of aromatic hydroxyl groups is 1. The third kappa shape index (κ3) is 3.91. The molecule has 4 aromatic carbocycles. The molecule has 1 fully saturated rings. The molecule has 0 unspecified atom stereocenters. The summed E-state index contributed by atoms with van der Waals surface area (Å²) in [5.74, 6) is 1.61. The van der Waals surface area contributed by atoms with Crippen molar-refractivity contribution in [2.75, 3.05) is 14.2 Å². The van der Waals surface area contributed by atoms with E-state index in [4.69, 9.17) is 9.47 Å². The molecule has 1 saturated carbocycles. The molecular formula is C35H38O4. The molecule has 4 aromatic rings. The zero-order chi connectivity index (χ0) is 27.7. The zero-order valence-corrected chi connectivity index (χ0v) is 23.8. The van der Waals surface area contributed by atoms with Crippen molar-refractivity contribution in [2.45, 2.75) is 59.0 Å². The average Bonchev–Trinajstić information content (AvgIpc) is 3.14. The summed E-state index contributed by atoms with van der Waals surface area (Å²) in [7, 11) is 3.30. The Bertz CT molecular complexity index is 1600. The van der Waals surface area contributed by atoms with Crippen LogP contribution in [0.25, 0.3) is 33.0 Å². The highest BCUT2D eigenvalue weighted by Crippen LogP contribution is 2.65. The first-order valence-corrected chi connectivity index (χ1v) is 13.8. The van der Waals surface area contributed by atoms with Crippen LogP contribution in [-0.2, 0) is 12.0 Å². The Labute approximate surface area is 231 Å². The van der Waals surface area contributed by atoms with Crippen LogP contribution >= 0.6 is 0 Å². The third-order valence-corrected chi connectivity index (χ3v) is 8.92. The number of benzene rings is 4. The Morgan fingerprint density at radius 1 is 0.692 bits per heavy atom. The van der Waals surface area contributed by atoms with Gasteiger partial charge in [0.25, 0.3) is 0 Å². The normalized spacial score (nSPS) is 18.1. The summed E-state index contributed by atoms with van der Waals surface area (Å²) in [5.41, 5.74) is 7.78. The van der Waals surface area contributed by atoms with Gasteiger partial charge in [0.1, 0.15) is 17.2 Å². The van der Waals surface area contributed by atoms with Crippen LogP contribution < -0.4 is 9.47 Å². The lowest BCUT2D eigenvalue weighted by Crippen LogP contribution is -2.43. The van der Waals surface area contributed by atoms with Crippen LogP contribution in [-0.4, -0.2) is 24.4 Å².